The van der Waals surface area contributed by atoms with E-state index in [0.717, 1.165) is 36.6 Å². The predicted octanol–water partition coefficient (Wildman–Crippen LogP) is 2.30. The van der Waals surface area contributed by atoms with E-state index in [4.69, 9.17) is 4.74 Å². The van der Waals surface area contributed by atoms with Crippen molar-refractivity contribution in [3.8, 4) is 5.75 Å². The van der Waals surface area contributed by atoms with Gasteiger partial charge in [-0.15, -0.1) is 0 Å². The van der Waals surface area contributed by atoms with Crippen molar-refractivity contribution in [3.63, 3.8) is 0 Å². The molecule has 0 aromatic heterocycles. The van der Waals surface area contributed by atoms with Gasteiger partial charge in [0.2, 0.25) is 5.91 Å². The van der Waals surface area contributed by atoms with Gasteiger partial charge in [0.05, 0.1) is 19.7 Å². The van der Waals surface area contributed by atoms with Gasteiger partial charge in [-0.2, -0.15) is 0 Å². The zero-order chi connectivity index (χ0) is 17.6. The molecule has 1 aliphatic heterocycles. The molecule has 1 amide bonds. The third kappa shape index (κ3) is 4.00. The number of ether oxygens (including phenoxy) is 1. The second-order valence-electron chi connectivity index (χ2n) is 6.22. The Labute approximate surface area is 149 Å². The lowest BCUT2D eigenvalue weighted by atomic mass is 10.0. The summed E-state index contributed by atoms with van der Waals surface area (Å²) in [4.78, 5) is 16.7. The summed E-state index contributed by atoms with van der Waals surface area (Å²) in [6.07, 6.45) is 0. The number of nitrogens with one attached hydrogen (secondary N) is 1. The predicted molar refractivity (Wildman–Crippen MR) is 100 cm³/mol. The molecule has 0 bridgehead atoms. The van der Waals surface area contributed by atoms with Crippen molar-refractivity contribution in [1.29, 1.82) is 0 Å². The van der Waals surface area contributed by atoms with Crippen LogP contribution in [0.5, 0.6) is 5.75 Å². The molecule has 0 aliphatic carbocycles. The third-order valence-electron chi connectivity index (χ3n) is 4.71. The summed E-state index contributed by atoms with van der Waals surface area (Å²) in [6.45, 7) is 2.91. The molecule has 1 saturated heterocycles. The maximum absolute atomic E-state index is 12.8. The number of nitrogens with zero attached hydrogens (tertiary/aromatic N) is 2. The van der Waals surface area contributed by atoms with Crippen molar-refractivity contribution >= 4 is 11.6 Å². The molecule has 0 saturated carbocycles. The zero-order valence-electron chi connectivity index (χ0n) is 14.8. The average Bonchev–Trinajstić information content (AvgIpc) is 2.68. The number of anilines is 1. The van der Waals surface area contributed by atoms with Crippen LogP contribution in [0.25, 0.3) is 0 Å². The molecule has 25 heavy (non-hydrogen) atoms. The highest BCUT2D eigenvalue weighted by Crippen LogP contribution is 2.30. The van der Waals surface area contributed by atoms with E-state index in [1.165, 1.54) is 0 Å². The quantitative estimate of drug-likeness (QED) is 0.908. The standard InChI is InChI=1S/C20H25N3O2/c1-22(16-8-4-3-5-9-16)20(24)15-23-13-12-21-14-18(23)17-10-6-7-11-19(17)25-2/h3-11,18,21H,12-15H2,1-2H3. The van der Waals surface area contributed by atoms with Gasteiger partial charge in [-0.25, -0.2) is 0 Å². The largest absolute Gasteiger partial charge is 0.496 e. The number of amides is 1. The van der Waals surface area contributed by atoms with E-state index in [1.807, 2.05) is 55.6 Å². The van der Waals surface area contributed by atoms with Crippen LogP contribution in [-0.4, -0.2) is 51.1 Å². The van der Waals surface area contributed by atoms with Gasteiger partial charge in [0.1, 0.15) is 5.75 Å². The number of methoxy groups -OCH3 is 1. The molecule has 5 nitrogen and oxygen atoms in total. The first kappa shape index (κ1) is 17.5. The monoisotopic (exact) mass is 339 g/mol. The molecule has 0 spiro atoms. The van der Waals surface area contributed by atoms with Crippen LogP contribution in [0.3, 0.4) is 0 Å². The molecule has 2 aromatic rings. The van der Waals surface area contributed by atoms with Crippen molar-refractivity contribution in [2.24, 2.45) is 0 Å². The first-order chi connectivity index (χ1) is 12.2. The van der Waals surface area contributed by atoms with Crippen molar-refractivity contribution in [3.05, 3.63) is 60.2 Å². The summed E-state index contributed by atoms with van der Waals surface area (Å²) in [5.41, 5.74) is 2.03. The lowest BCUT2D eigenvalue weighted by Crippen LogP contribution is -2.49. The van der Waals surface area contributed by atoms with E-state index < -0.39 is 0 Å². The Hall–Kier alpha value is -2.37. The van der Waals surface area contributed by atoms with E-state index in [0.29, 0.717) is 6.54 Å². The van der Waals surface area contributed by atoms with Crippen molar-refractivity contribution in [1.82, 2.24) is 10.2 Å². The molecule has 2 aromatic carbocycles. The van der Waals surface area contributed by atoms with Gasteiger partial charge in [0.15, 0.2) is 0 Å². The fourth-order valence-electron chi connectivity index (χ4n) is 3.26. The maximum Gasteiger partial charge on any atom is 0.240 e. The smallest absolute Gasteiger partial charge is 0.240 e. The topological polar surface area (TPSA) is 44.8 Å². The SMILES string of the molecule is COc1ccccc1C1CNCCN1CC(=O)N(C)c1ccccc1. The molecule has 1 aliphatic rings. The molecule has 1 unspecified atom stereocenters. The maximum atomic E-state index is 12.8. The Morgan fingerprint density at radius 1 is 1.20 bits per heavy atom. The molecule has 1 fully saturated rings. The second kappa shape index (κ2) is 8.14. The summed E-state index contributed by atoms with van der Waals surface area (Å²) in [5, 5.41) is 3.43. The fourth-order valence-corrected chi connectivity index (χ4v) is 3.26. The number of carbonyl (C=O) groups is 1. The van der Waals surface area contributed by atoms with Crippen LogP contribution in [-0.2, 0) is 4.79 Å². The number of rotatable bonds is 5. The number of hydrogen-bond donors (Lipinski definition) is 1. The van der Waals surface area contributed by atoms with E-state index in [2.05, 4.69) is 16.3 Å². The number of carbonyl (C=O) groups excluding carboxylic acids is 1. The second-order valence-corrected chi connectivity index (χ2v) is 6.22. The first-order valence-electron chi connectivity index (χ1n) is 8.60. The van der Waals surface area contributed by atoms with E-state index in [1.54, 1.807) is 12.0 Å². The summed E-state index contributed by atoms with van der Waals surface area (Å²) < 4.78 is 5.52. The van der Waals surface area contributed by atoms with Crippen molar-refractivity contribution in [2.45, 2.75) is 6.04 Å². The Balaban J connectivity index is 1.76. The number of para-hydroxylation sites is 2. The van der Waals surface area contributed by atoms with Gasteiger partial charge in [-0.3, -0.25) is 9.69 Å². The van der Waals surface area contributed by atoms with Gasteiger partial charge in [-0.05, 0) is 18.2 Å². The van der Waals surface area contributed by atoms with Crippen LogP contribution < -0.4 is 15.0 Å². The molecule has 132 valence electrons. The normalized spacial score (nSPS) is 17.9. The van der Waals surface area contributed by atoms with Gasteiger partial charge < -0.3 is 15.0 Å². The molecule has 1 atom stereocenters. The van der Waals surface area contributed by atoms with E-state index in [-0.39, 0.29) is 11.9 Å². The number of likely N-dealkylation sites (N-methyl/N-ethyl adjacent to an activating group) is 1. The van der Waals surface area contributed by atoms with Crippen LogP contribution in [0.2, 0.25) is 0 Å². The third-order valence-corrected chi connectivity index (χ3v) is 4.71. The molecular formula is C20H25N3O2. The fraction of sp³-hybridized carbons (Fsp3) is 0.350. The Bertz CT molecular complexity index is 705. The van der Waals surface area contributed by atoms with Crippen molar-refractivity contribution < 1.29 is 9.53 Å². The lowest BCUT2D eigenvalue weighted by molar-refractivity contribution is -0.120. The van der Waals surface area contributed by atoms with Gasteiger partial charge in [-0.1, -0.05) is 36.4 Å². The van der Waals surface area contributed by atoms with Crippen LogP contribution in [0.4, 0.5) is 5.69 Å². The highest BCUT2D eigenvalue weighted by atomic mass is 16.5. The lowest BCUT2D eigenvalue weighted by Gasteiger charge is -2.37. The minimum atomic E-state index is 0.0907. The first-order valence-corrected chi connectivity index (χ1v) is 8.60. The molecule has 0 radical (unpaired) electrons. The van der Waals surface area contributed by atoms with Gasteiger partial charge in [0, 0.05) is 37.9 Å². The number of hydrogen-bond acceptors (Lipinski definition) is 4. The Morgan fingerprint density at radius 2 is 1.92 bits per heavy atom. The molecular weight excluding hydrogens is 314 g/mol. The van der Waals surface area contributed by atoms with E-state index in [9.17, 15) is 4.79 Å². The van der Waals surface area contributed by atoms with Crippen LogP contribution in [0.1, 0.15) is 11.6 Å². The highest BCUT2D eigenvalue weighted by Gasteiger charge is 2.28. The summed E-state index contributed by atoms with van der Waals surface area (Å²) in [5.74, 6) is 0.957. The minimum absolute atomic E-state index is 0.0907. The minimum Gasteiger partial charge on any atom is -0.496 e. The zero-order valence-corrected chi connectivity index (χ0v) is 14.8. The average molecular weight is 339 g/mol. The van der Waals surface area contributed by atoms with Crippen molar-refractivity contribution in [2.75, 3.05) is 45.2 Å². The number of benzene rings is 2. The summed E-state index contributed by atoms with van der Waals surface area (Å²) in [7, 11) is 3.52. The number of piperazine rings is 1. The summed E-state index contributed by atoms with van der Waals surface area (Å²) in [6, 6.07) is 17.9. The highest BCUT2D eigenvalue weighted by molar-refractivity contribution is 5.94. The Kier molecular flexibility index (Phi) is 5.68. The molecule has 1 heterocycles. The molecule has 3 rings (SSSR count). The van der Waals surface area contributed by atoms with Crippen LogP contribution in [0.15, 0.2) is 54.6 Å². The molecule has 1 N–H and O–H groups in total. The van der Waals surface area contributed by atoms with E-state index >= 15 is 0 Å². The van der Waals surface area contributed by atoms with Gasteiger partial charge >= 0.3 is 0 Å². The van der Waals surface area contributed by atoms with Gasteiger partial charge in [0.25, 0.3) is 0 Å². The van der Waals surface area contributed by atoms with Crippen LogP contribution >= 0.6 is 0 Å². The van der Waals surface area contributed by atoms with Crippen LogP contribution in [0, 0.1) is 0 Å². The Morgan fingerprint density at radius 3 is 2.68 bits per heavy atom. The summed E-state index contributed by atoms with van der Waals surface area (Å²) >= 11 is 0. The molecule has 5 heteroatoms.